The van der Waals surface area contributed by atoms with Crippen LogP contribution in [0.25, 0.3) is 88.6 Å². The number of benzene rings is 8. The van der Waals surface area contributed by atoms with Crippen molar-refractivity contribution < 1.29 is 97.3 Å². The molecule has 12 rings (SSSR count). The maximum absolute atomic E-state index is 15.3. The van der Waals surface area contributed by atoms with Gasteiger partial charge < -0.3 is 0 Å². The fraction of sp³-hybridized carbons (Fsp3) is 0.406. The van der Waals surface area contributed by atoms with Crippen molar-refractivity contribution >= 4 is 43.6 Å². The summed E-state index contributed by atoms with van der Waals surface area (Å²) in [6, 6.07) is 42.0. The van der Waals surface area contributed by atoms with Crippen molar-refractivity contribution in [2.75, 3.05) is 0 Å². The summed E-state index contributed by atoms with van der Waals surface area (Å²) in [5, 5.41) is 2.00. The predicted molar refractivity (Wildman–Crippen MR) is 457 cm³/mol. The Balaban J connectivity index is 0.000000187. The molecule has 0 unspecified atom stereocenters. The van der Waals surface area contributed by atoms with Gasteiger partial charge in [-0.1, -0.05) is 134 Å². The lowest BCUT2D eigenvalue weighted by Gasteiger charge is -2.30. The van der Waals surface area contributed by atoms with Crippen LogP contribution in [0.15, 0.2) is 146 Å². The van der Waals surface area contributed by atoms with Crippen LogP contribution in [0, 0.1) is 128 Å². The normalized spacial score (nSPS) is 12.9. The minimum atomic E-state index is -4.46. The van der Waals surface area contributed by atoms with Crippen molar-refractivity contribution in [1.82, 2.24) is 0 Å². The first-order valence-electron chi connectivity index (χ1n) is 40.7. The van der Waals surface area contributed by atoms with E-state index in [1.54, 1.807) is 48.5 Å². The minimum absolute atomic E-state index is 0.184. The Kier molecular flexibility index (Phi) is 27.5. The molecule has 0 amide bonds. The molecule has 0 fully saturated rings. The van der Waals surface area contributed by atoms with Crippen molar-refractivity contribution in [3.8, 4) is 45.0 Å². The first kappa shape index (κ1) is 97.0. The Labute approximate surface area is 710 Å². The summed E-state index contributed by atoms with van der Waals surface area (Å²) in [5.41, 5.74) is 14.8. The van der Waals surface area contributed by atoms with Gasteiger partial charge in [0.05, 0.1) is 37.8 Å². The van der Waals surface area contributed by atoms with Crippen molar-refractivity contribution in [3.63, 3.8) is 0 Å². The number of nitrogens with zero attached hydrogens (tertiary/aromatic N) is 4. The lowest BCUT2D eigenvalue weighted by atomic mass is 9.80. The van der Waals surface area contributed by atoms with Crippen LogP contribution in [0.1, 0.15) is 164 Å². The van der Waals surface area contributed by atoms with Crippen LogP contribution >= 0.6 is 0 Å². The number of alkyl halides is 15. The number of hydrogen-bond acceptors (Lipinski definition) is 0. The zero-order chi connectivity index (χ0) is 92.6. The van der Waals surface area contributed by atoms with E-state index in [0.29, 0.717) is 71.7 Å². The summed E-state index contributed by atoms with van der Waals surface area (Å²) >= 11 is 0. The highest BCUT2D eigenvalue weighted by atomic mass is 19.4. The van der Waals surface area contributed by atoms with Gasteiger partial charge in [-0.3, -0.25) is 0 Å². The highest BCUT2D eigenvalue weighted by Crippen LogP contribution is 2.48. The first-order valence-corrected chi connectivity index (χ1v) is 40.7. The van der Waals surface area contributed by atoms with Crippen molar-refractivity contribution in [1.29, 1.82) is 0 Å². The van der Waals surface area contributed by atoms with Gasteiger partial charge in [0.25, 0.3) is 0 Å². The highest BCUT2D eigenvalue weighted by molar-refractivity contribution is 5.86. The number of fused-ring (bicyclic) bond motifs is 4. The largest absolute Gasteiger partial charge is 0.394 e. The summed E-state index contributed by atoms with van der Waals surface area (Å²) in [6.07, 6.45) is -23.4. The molecule has 0 aliphatic rings. The maximum atomic E-state index is 15.3. The molecule has 0 spiro atoms. The third-order valence-electron chi connectivity index (χ3n) is 24.8. The fourth-order valence-corrected chi connectivity index (χ4v) is 16.1. The molecule has 0 atom stereocenters. The van der Waals surface area contributed by atoms with Crippen LogP contribution in [0.5, 0.6) is 0 Å². The summed E-state index contributed by atoms with van der Waals surface area (Å²) in [6.45, 7) is 35.6. The summed E-state index contributed by atoms with van der Waals surface area (Å²) in [7, 11) is 7.33. The number of rotatable bonds is 14. The Hall–Kier alpha value is -9.86. The molecule has 12 aromatic rings. The number of aromatic nitrogens is 4. The third kappa shape index (κ3) is 20.6. The molecule has 0 bridgehead atoms. The van der Waals surface area contributed by atoms with Gasteiger partial charge >= 0.3 is 30.9 Å². The second-order valence-corrected chi connectivity index (χ2v) is 37.1. The van der Waals surface area contributed by atoms with Crippen LogP contribution in [0.2, 0.25) is 0 Å². The van der Waals surface area contributed by atoms with Crippen molar-refractivity contribution in [2.24, 2.45) is 55.3 Å². The van der Waals surface area contributed by atoms with E-state index in [9.17, 15) is 74.6 Å². The monoisotopic (exact) mass is 1720 g/mol. The van der Waals surface area contributed by atoms with Gasteiger partial charge in [-0.2, -0.15) is 84.1 Å². The molecule has 0 aliphatic heterocycles. The highest BCUT2D eigenvalue weighted by Gasteiger charge is 2.52. The van der Waals surface area contributed by atoms with E-state index in [-0.39, 0.29) is 37.5 Å². The number of hydrogen-bond donors (Lipinski definition) is 0. The Bertz CT molecular complexity index is 6040. The molecular formula is C101H112F18N4+4. The summed E-state index contributed by atoms with van der Waals surface area (Å²) in [4.78, 5) is 0. The molecule has 8 aromatic carbocycles. The molecule has 22 heteroatoms. The smallest absolute Gasteiger partial charge is 0.207 e. The van der Waals surface area contributed by atoms with Crippen molar-refractivity contribution in [3.05, 3.63) is 258 Å². The molecule has 0 N–H and O–H groups in total. The third-order valence-corrected chi connectivity index (χ3v) is 24.8. The van der Waals surface area contributed by atoms with Crippen molar-refractivity contribution in [2.45, 2.75) is 215 Å². The second kappa shape index (κ2) is 34.9. The average Bonchev–Trinajstić information content (AvgIpc) is 0.769. The average molecular weight is 1720 g/mol. The van der Waals surface area contributed by atoms with E-state index in [0.717, 1.165) is 148 Å². The van der Waals surface area contributed by atoms with Crippen LogP contribution < -0.4 is 18.3 Å². The molecule has 4 aromatic heterocycles. The van der Waals surface area contributed by atoms with Crippen LogP contribution in [0.4, 0.5) is 79.0 Å². The number of halogens is 18. The van der Waals surface area contributed by atoms with Crippen LogP contribution in [-0.2, 0) is 60.3 Å². The Morgan fingerprint density at radius 2 is 0.553 bits per heavy atom. The van der Waals surface area contributed by atoms with Gasteiger partial charge in [-0.15, -0.1) is 0 Å². The molecule has 4 heterocycles. The fourth-order valence-electron chi connectivity index (χ4n) is 16.1. The zero-order valence-electron chi connectivity index (χ0n) is 75.0. The van der Waals surface area contributed by atoms with Gasteiger partial charge in [-0.25, -0.2) is 13.2 Å². The SMILES string of the molecule is Cc1cc(C)c(C)c(-c2cc(CC(C)(C)C(F)(F)F)c3cc(F)ccc3[n+]2C)c1.Cc1cc(C)c(C)c(-c2cc(CC(C)(C)C(F)(F)F)c3ccc(F)cc3[n+]2C)c1.Cc1cc(C)c(C)c(-c2cc(F)c3c(CC(C)(C)C(F)(F)F)cccc3[n+]2C)c1.Cc1cc(C)c(C)c(-c2ccc3c(CC(C)(C)C(F)(F)F)cc(CC(C)(C)C(F)(F)F)cc3[n+]2C)c1. The first-order chi connectivity index (χ1) is 56.2. The molecule has 0 radical (unpaired) electrons. The predicted octanol–water partition coefficient (Wildman–Crippen LogP) is 28.1. The topological polar surface area (TPSA) is 15.5 Å². The van der Waals surface area contributed by atoms with Crippen LogP contribution in [-0.4, -0.2) is 30.9 Å². The van der Waals surface area contributed by atoms with E-state index < -0.39 is 75.4 Å². The van der Waals surface area contributed by atoms with Gasteiger partial charge in [0, 0.05) is 81.6 Å². The lowest BCUT2D eigenvalue weighted by molar-refractivity contribution is -0.633. The maximum Gasteiger partial charge on any atom is 0.394 e. The summed E-state index contributed by atoms with van der Waals surface area (Å²) < 4.78 is 255. The summed E-state index contributed by atoms with van der Waals surface area (Å²) in [5.74, 6) is -1.37. The standard InChI is InChI=1S/C29H34F6N.3C24H26F4N/c1-17-11-18(2)19(3)23(12-17)24-10-9-22-21(16-27(6,7)29(33,34)35)13-20(14-25(22)36(24)8)15-26(4,5)28(30,31)32;1-14-9-15(2)16(3)19(10-14)22-11-17(13-23(4,5)24(26,27)28)20-12-18(25)7-8-21(20)29(22)6;1-14-9-15(2)16(3)20(10-14)21-11-17(13-23(4,5)24(26,27)28)19-8-7-18(25)12-22(19)29(21)6;1-14-10-15(2)16(3)18(11-14)21-12-19(25)22-17(8-7-9-20(22)29(21)6)13-23(4,5)24(26,27)28/h9-14H,15-16H2,1-8H3;3*7-12H,13H2,1-6H3/q4*+1. The molecular weight excluding hydrogens is 1610 g/mol. The number of aryl methyl sites for hydroxylation is 12. The number of pyridine rings is 4. The van der Waals surface area contributed by atoms with E-state index in [1.165, 1.54) is 64.1 Å². The molecule has 123 heavy (non-hydrogen) atoms. The van der Waals surface area contributed by atoms with Crippen LogP contribution in [0.3, 0.4) is 0 Å². The zero-order valence-corrected chi connectivity index (χ0v) is 75.0. The quantitative estimate of drug-likeness (QED) is 0.0762. The van der Waals surface area contributed by atoms with Gasteiger partial charge in [0.2, 0.25) is 44.8 Å². The Morgan fingerprint density at radius 1 is 0.252 bits per heavy atom. The second-order valence-electron chi connectivity index (χ2n) is 37.1. The molecule has 0 aliphatic carbocycles. The lowest BCUT2D eigenvalue weighted by Crippen LogP contribution is -2.36. The van der Waals surface area contributed by atoms with Gasteiger partial charge in [0.1, 0.15) is 45.6 Å². The van der Waals surface area contributed by atoms with Gasteiger partial charge in [0.15, 0.2) is 0 Å². The minimum Gasteiger partial charge on any atom is -0.207 e. The van der Waals surface area contributed by atoms with E-state index in [4.69, 9.17) is 0 Å². The van der Waals surface area contributed by atoms with E-state index in [2.05, 4.69) is 24.3 Å². The molecule has 4 nitrogen and oxygen atoms in total. The molecule has 658 valence electrons. The van der Waals surface area contributed by atoms with E-state index >= 15 is 4.39 Å². The molecule has 0 saturated heterocycles. The Morgan fingerprint density at radius 3 is 0.951 bits per heavy atom. The van der Waals surface area contributed by atoms with E-state index in [1.807, 2.05) is 166 Å². The molecule has 0 saturated carbocycles. The van der Waals surface area contributed by atoms with Gasteiger partial charge in [-0.05, 0) is 242 Å².